The summed E-state index contributed by atoms with van der Waals surface area (Å²) in [6, 6.07) is 4.06. The van der Waals surface area contributed by atoms with Crippen LogP contribution in [-0.4, -0.2) is 61.5 Å². The van der Waals surface area contributed by atoms with Crippen LogP contribution in [0.2, 0.25) is 0 Å². The van der Waals surface area contributed by atoms with E-state index >= 15 is 0 Å². The Morgan fingerprint density at radius 3 is 2.50 bits per heavy atom. The molecule has 1 fully saturated rings. The summed E-state index contributed by atoms with van der Waals surface area (Å²) in [4.78, 5) is 14.8. The number of hydrogen-bond donors (Lipinski definition) is 1. The van der Waals surface area contributed by atoms with Gasteiger partial charge in [-0.1, -0.05) is 13.8 Å². The molecule has 1 aliphatic heterocycles. The first-order valence-electron chi connectivity index (χ1n) is 10.5. The number of nitriles is 1. The van der Waals surface area contributed by atoms with Gasteiger partial charge >= 0.3 is 0 Å². The van der Waals surface area contributed by atoms with Crippen LogP contribution in [0.4, 0.5) is 0 Å². The Balaban J connectivity index is 1.99. The van der Waals surface area contributed by atoms with Crippen molar-refractivity contribution < 1.29 is 13.2 Å². The summed E-state index contributed by atoms with van der Waals surface area (Å²) in [5.74, 6) is 0.315. The highest BCUT2D eigenvalue weighted by molar-refractivity contribution is 7.90. The smallest absolute Gasteiger partial charge is 0.262 e. The Morgan fingerprint density at radius 1 is 1.33 bits per heavy atom. The molecule has 1 aromatic heterocycles. The van der Waals surface area contributed by atoms with Gasteiger partial charge in [0.15, 0.2) is 0 Å². The maximum Gasteiger partial charge on any atom is 0.262 e. The van der Waals surface area contributed by atoms with Gasteiger partial charge in [0.2, 0.25) is 0 Å². The molecule has 0 aliphatic carbocycles. The Morgan fingerprint density at radius 2 is 1.97 bits per heavy atom. The molecule has 2 heterocycles. The molecule has 30 heavy (non-hydrogen) atoms. The monoisotopic (exact) mass is 434 g/mol. The maximum absolute atomic E-state index is 12.7. The minimum Gasteiger partial charge on any atom is -0.349 e. The third-order valence-electron chi connectivity index (χ3n) is 5.53. The van der Waals surface area contributed by atoms with Crippen molar-refractivity contribution >= 4 is 21.8 Å². The van der Waals surface area contributed by atoms with E-state index in [2.05, 4.69) is 28.6 Å². The highest BCUT2D eigenvalue weighted by Gasteiger charge is 2.23. The Bertz CT molecular complexity index is 930. The largest absolute Gasteiger partial charge is 0.349 e. The molecule has 0 unspecified atom stereocenters. The van der Waals surface area contributed by atoms with Gasteiger partial charge < -0.3 is 14.8 Å². The van der Waals surface area contributed by atoms with Gasteiger partial charge in [0.05, 0.1) is 5.75 Å². The zero-order valence-corrected chi connectivity index (χ0v) is 19.6. The Kier molecular flexibility index (Phi) is 8.27. The van der Waals surface area contributed by atoms with Gasteiger partial charge in [0.1, 0.15) is 21.5 Å². The molecule has 1 amide bonds. The first-order valence-corrected chi connectivity index (χ1v) is 12.6. The third-order valence-corrected chi connectivity index (χ3v) is 6.45. The quantitative estimate of drug-likeness (QED) is 0.500. The minimum atomic E-state index is -2.97. The first-order chi connectivity index (χ1) is 14.0. The summed E-state index contributed by atoms with van der Waals surface area (Å²) in [5, 5.41) is 12.5. The minimum absolute atomic E-state index is 0.00268. The van der Waals surface area contributed by atoms with E-state index < -0.39 is 9.84 Å². The third kappa shape index (κ3) is 6.99. The first kappa shape index (κ1) is 24.2. The second-order valence-electron chi connectivity index (χ2n) is 8.72. The van der Waals surface area contributed by atoms with Gasteiger partial charge in [0, 0.05) is 49.9 Å². The topological polar surface area (TPSA) is 95.2 Å². The van der Waals surface area contributed by atoms with Crippen LogP contribution in [0.3, 0.4) is 0 Å². The maximum atomic E-state index is 12.7. The summed E-state index contributed by atoms with van der Waals surface area (Å²) < 4.78 is 24.9. The fraction of sp³-hybridized carbons (Fsp3) is 0.636. The Labute approximate surface area is 180 Å². The molecule has 0 spiro atoms. The van der Waals surface area contributed by atoms with Crippen LogP contribution in [0.1, 0.15) is 43.6 Å². The van der Waals surface area contributed by atoms with E-state index in [-0.39, 0.29) is 23.3 Å². The lowest BCUT2D eigenvalue weighted by Gasteiger charge is -2.32. The van der Waals surface area contributed by atoms with Crippen LogP contribution >= 0.6 is 0 Å². The molecular formula is C22H34N4O3S. The number of rotatable bonds is 8. The second kappa shape index (κ2) is 10.3. The van der Waals surface area contributed by atoms with Gasteiger partial charge in [-0.25, -0.2) is 8.42 Å². The lowest BCUT2D eigenvalue weighted by atomic mass is 10.0. The van der Waals surface area contributed by atoms with Gasteiger partial charge in [-0.3, -0.25) is 4.79 Å². The summed E-state index contributed by atoms with van der Waals surface area (Å²) >= 11 is 0. The van der Waals surface area contributed by atoms with Crippen molar-refractivity contribution in [2.45, 2.75) is 53.1 Å². The van der Waals surface area contributed by atoms with Crippen molar-refractivity contribution in [3.63, 3.8) is 0 Å². The molecule has 166 valence electrons. The lowest BCUT2D eigenvalue weighted by Crippen LogP contribution is -2.45. The van der Waals surface area contributed by atoms with E-state index in [1.807, 2.05) is 26.0 Å². The van der Waals surface area contributed by atoms with E-state index in [4.69, 9.17) is 0 Å². The molecule has 1 saturated heterocycles. The normalized spacial score (nSPS) is 16.6. The predicted octanol–water partition coefficient (Wildman–Crippen LogP) is 2.29. The van der Waals surface area contributed by atoms with Crippen LogP contribution in [0.15, 0.2) is 11.6 Å². The molecule has 1 aliphatic rings. The van der Waals surface area contributed by atoms with Crippen molar-refractivity contribution in [3.8, 4) is 6.07 Å². The van der Waals surface area contributed by atoms with E-state index in [1.54, 1.807) is 6.08 Å². The molecule has 0 bridgehead atoms. The van der Waals surface area contributed by atoms with Gasteiger partial charge in [-0.2, -0.15) is 5.26 Å². The van der Waals surface area contributed by atoms with Crippen molar-refractivity contribution in [1.29, 1.82) is 5.26 Å². The molecule has 0 radical (unpaired) electrons. The highest BCUT2D eigenvalue weighted by atomic mass is 32.2. The second-order valence-corrected chi connectivity index (χ2v) is 11.0. The van der Waals surface area contributed by atoms with E-state index in [0.717, 1.165) is 49.4 Å². The molecule has 2 rings (SSSR count). The number of aromatic nitrogens is 1. The molecule has 0 aromatic carbocycles. The van der Waals surface area contributed by atoms with Crippen LogP contribution in [0.25, 0.3) is 6.08 Å². The summed E-state index contributed by atoms with van der Waals surface area (Å²) in [5.41, 5.74) is 3.18. The molecule has 0 atom stereocenters. The SMILES string of the molecule is Cc1cc(/C=C(/C#N)C(=O)NC2CCN(CCS(C)(=O)=O)CC2)c(C)n1CC(C)C. The summed E-state index contributed by atoms with van der Waals surface area (Å²) in [6.45, 7) is 11.3. The number of amides is 1. The van der Waals surface area contributed by atoms with E-state index in [1.165, 1.54) is 6.26 Å². The average Bonchev–Trinajstić information content (AvgIpc) is 2.91. The van der Waals surface area contributed by atoms with Crippen molar-refractivity contribution in [3.05, 3.63) is 28.6 Å². The molecule has 1 aromatic rings. The van der Waals surface area contributed by atoms with Crippen LogP contribution in [0, 0.1) is 31.1 Å². The van der Waals surface area contributed by atoms with Crippen molar-refractivity contribution in [2.75, 3.05) is 31.6 Å². The fourth-order valence-corrected chi connectivity index (χ4v) is 4.37. The number of nitrogens with zero attached hydrogens (tertiary/aromatic N) is 3. The number of aryl methyl sites for hydroxylation is 1. The fourth-order valence-electron chi connectivity index (χ4n) is 3.78. The molecule has 1 N–H and O–H groups in total. The lowest BCUT2D eigenvalue weighted by molar-refractivity contribution is -0.118. The van der Waals surface area contributed by atoms with E-state index in [9.17, 15) is 18.5 Å². The molecule has 0 saturated carbocycles. The number of hydrogen-bond acceptors (Lipinski definition) is 5. The zero-order chi connectivity index (χ0) is 22.5. The molecular weight excluding hydrogens is 400 g/mol. The Hall–Kier alpha value is -2.11. The summed E-state index contributed by atoms with van der Waals surface area (Å²) in [7, 11) is -2.97. The van der Waals surface area contributed by atoms with Crippen LogP contribution in [-0.2, 0) is 21.2 Å². The van der Waals surface area contributed by atoms with Crippen LogP contribution < -0.4 is 5.32 Å². The molecule has 7 nitrogen and oxygen atoms in total. The zero-order valence-electron chi connectivity index (χ0n) is 18.7. The number of sulfone groups is 1. The number of likely N-dealkylation sites (tertiary alicyclic amines) is 1. The summed E-state index contributed by atoms with van der Waals surface area (Å²) in [6.07, 6.45) is 4.42. The van der Waals surface area contributed by atoms with Crippen LogP contribution in [0.5, 0.6) is 0 Å². The number of piperidine rings is 1. The van der Waals surface area contributed by atoms with Crippen molar-refractivity contribution in [1.82, 2.24) is 14.8 Å². The highest BCUT2D eigenvalue weighted by Crippen LogP contribution is 2.20. The average molecular weight is 435 g/mol. The predicted molar refractivity (Wildman–Crippen MR) is 120 cm³/mol. The van der Waals surface area contributed by atoms with Gasteiger partial charge in [0.25, 0.3) is 5.91 Å². The van der Waals surface area contributed by atoms with Crippen molar-refractivity contribution in [2.24, 2.45) is 5.92 Å². The van der Waals surface area contributed by atoms with Gasteiger partial charge in [-0.15, -0.1) is 0 Å². The van der Waals surface area contributed by atoms with E-state index in [0.29, 0.717) is 12.5 Å². The number of carbonyl (C=O) groups excluding carboxylic acids is 1. The number of carbonyl (C=O) groups is 1. The standard InChI is InChI=1S/C22H34N4O3S/c1-16(2)15-26-17(3)12-19(18(26)4)13-20(14-23)22(27)24-21-6-8-25(9-7-21)10-11-30(5,28)29/h12-13,16,21H,6-11,15H2,1-5H3,(H,24,27)/b20-13-. The molecule has 8 heteroatoms. The van der Waals surface area contributed by atoms with Gasteiger partial charge in [-0.05, 0) is 50.3 Å². The number of nitrogens with one attached hydrogen (secondary N) is 1.